The van der Waals surface area contributed by atoms with Crippen molar-refractivity contribution in [1.82, 2.24) is 14.7 Å². The van der Waals surface area contributed by atoms with Crippen LogP contribution in [-0.4, -0.2) is 45.9 Å². The number of aromatic hydroxyl groups is 1. The summed E-state index contributed by atoms with van der Waals surface area (Å²) in [5.41, 5.74) is 4.50. The molecule has 2 heterocycles. The number of methoxy groups -OCH3 is 1. The summed E-state index contributed by atoms with van der Waals surface area (Å²) in [4.78, 5) is 14.9. The molecule has 6 heteroatoms. The average Bonchev–Trinajstić information content (AvgIpc) is 3.35. The van der Waals surface area contributed by atoms with Gasteiger partial charge in [-0.1, -0.05) is 60.7 Å². The average molecular weight is 454 g/mol. The molecule has 1 saturated heterocycles. The Kier molecular flexibility index (Phi) is 6.04. The van der Waals surface area contributed by atoms with Gasteiger partial charge in [0, 0.05) is 18.7 Å². The third-order valence-electron chi connectivity index (χ3n) is 6.41. The molecule has 1 aromatic heterocycles. The van der Waals surface area contributed by atoms with Crippen molar-refractivity contribution in [3.63, 3.8) is 0 Å². The zero-order valence-electron chi connectivity index (χ0n) is 19.1. The summed E-state index contributed by atoms with van der Waals surface area (Å²) < 4.78 is 7.35. The van der Waals surface area contributed by atoms with Gasteiger partial charge in [0.15, 0.2) is 0 Å². The van der Waals surface area contributed by atoms with E-state index in [0.717, 1.165) is 35.4 Å². The van der Waals surface area contributed by atoms with Gasteiger partial charge in [0.05, 0.1) is 30.1 Å². The summed E-state index contributed by atoms with van der Waals surface area (Å²) in [7, 11) is 1.55. The highest BCUT2D eigenvalue weighted by Crippen LogP contribution is 2.33. The molecule has 3 aromatic carbocycles. The lowest BCUT2D eigenvalue weighted by atomic mass is 10.0. The van der Waals surface area contributed by atoms with E-state index in [1.807, 2.05) is 36.4 Å². The number of nitrogens with zero attached hydrogens (tertiary/aromatic N) is 3. The summed E-state index contributed by atoms with van der Waals surface area (Å²) in [6.07, 6.45) is 1.57. The maximum absolute atomic E-state index is 13.1. The van der Waals surface area contributed by atoms with Gasteiger partial charge in [-0.25, -0.2) is 0 Å². The third kappa shape index (κ3) is 4.27. The van der Waals surface area contributed by atoms with Gasteiger partial charge in [-0.2, -0.15) is 5.10 Å². The van der Waals surface area contributed by atoms with Crippen molar-refractivity contribution in [2.45, 2.75) is 18.9 Å². The summed E-state index contributed by atoms with van der Waals surface area (Å²) in [6.45, 7) is 1.18. The van der Waals surface area contributed by atoms with Gasteiger partial charge in [-0.3, -0.25) is 9.48 Å². The van der Waals surface area contributed by atoms with Crippen LogP contribution in [0, 0.1) is 0 Å². The number of piperidine rings is 1. The summed E-state index contributed by atoms with van der Waals surface area (Å²) in [6, 6.07) is 27.6. The Labute approximate surface area is 199 Å². The molecule has 6 nitrogen and oxygen atoms in total. The summed E-state index contributed by atoms with van der Waals surface area (Å²) in [5, 5.41) is 15.2. The molecule has 0 unspecified atom stereocenters. The number of rotatable bonds is 5. The van der Waals surface area contributed by atoms with Crippen LogP contribution in [-0.2, 0) is 0 Å². The fourth-order valence-corrected chi connectivity index (χ4v) is 4.54. The first kappa shape index (κ1) is 21.8. The molecule has 0 bridgehead atoms. The number of aromatic nitrogens is 2. The topological polar surface area (TPSA) is 67.6 Å². The number of hydrogen-bond donors (Lipinski definition) is 1. The van der Waals surface area contributed by atoms with Crippen molar-refractivity contribution >= 4 is 5.91 Å². The lowest BCUT2D eigenvalue weighted by Gasteiger charge is -2.33. The van der Waals surface area contributed by atoms with Gasteiger partial charge < -0.3 is 14.7 Å². The minimum absolute atomic E-state index is 0.0288. The van der Waals surface area contributed by atoms with Crippen LogP contribution in [0.2, 0.25) is 0 Å². The maximum atomic E-state index is 13.1. The molecule has 1 N–H and O–H groups in total. The minimum atomic E-state index is -0.177. The van der Waals surface area contributed by atoms with Gasteiger partial charge in [-0.15, -0.1) is 0 Å². The smallest absolute Gasteiger partial charge is 0.257 e. The van der Waals surface area contributed by atoms with E-state index < -0.39 is 0 Å². The molecule has 1 aliphatic heterocycles. The van der Waals surface area contributed by atoms with Gasteiger partial charge in [0.2, 0.25) is 0 Å². The third-order valence-corrected chi connectivity index (χ3v) is 6.41. The van der Waals surface area contributed by atoms with Crippen LogP contribution in [0.15, 0.2) is 84.9 Å². The molecule has 1 amide bonds. The standard InChI is InChI=1S/C28H27N3O3/c1-34-23-12-13-27(32)24(18-23)28(33)30-16-14-22(15-17-30)31-26(21-10-6-3-7-11-21)19-25(29-31)20-8-4-2-5-9-20/h2-13,18-19,22,32H,14-17H2,1H3. The second-order valence-corrected chi connectivity index (χ2v) is 8.50. The quantitative estimate of drug-likeness (QED) is 0.439. The van der Waals surface area contributed by atoms with Crippen LogP contribution >= 0.6 is 0 Å². The van der Waals surface area contributed by atoms with Crippen LogP contribution in [0.5, 0.6) is 11.5 Å². The molecule has 0 radical (unpaired) electrons. The molecule has 172 valence electrons. The van der Waals surface area contributed by atoms with Crippen molar-refractivity contribution in [2.75, 3.05) is 20.2 Å². The molecule has 4 aromatic rings. The van der Waals surface area contributed by atoms with Crippen LogP contribution in [0.3, 0.4) is 0 Å². The van der Waals surface area contributed by atoms with Crippen LogP contribution in [0.4, 0.5) is 0 Å². The van der Waals surface area contributed by atoms with Gasteiger partial charge in [0.25, 0.3) is 5.91 Å². The number of likely N-dealkylation sites (tertiary alicyclic amines) is 1. The molecular formula is C28H27N3O3. The Morgan fingerprint density at radius 1 is 0.912 bits per heavy atom. The highest BCUT2D eigenvalue weighted by atomic mass is 16.5. The second-order valence-electron chi connectivity index (χ2n) is 8.50. The lowest BCUT2D eigenvalue weighted by molar-refractivity contribution is 0.0687. The Morgan fingerprint density at radius 3 is 2.21 bits per heavy atom. The molecule has 0 saturated carbocycles. The second kappa shape index (κ2) is 9.43. The van der Waals surface area contributed by atoms with E-state index in [1.54, 1.807) is 24.1 Å². The van der Waals surface area contributed by atoms with Crippen LogP contribution in [0.25, 0.3) is 22.5 Å². The number of phenols is 1. The minimum Gasteiger partial charge on any atom is -0.507 e. The zero-order valence-corrected chi connectivity index (χ0v) is 19.1. The van der Waals surface area contributed by atoms with Gasteiger partial charge >= 0.3 is 0 Å². The largest absolute Gasteiger partial charge is 0.507 e. The fraction of sp³-hybridized carbons (Fsp3) is 0.214. The molecular weight excluding hydrogens is 426 g/mol. The Balaban J connectivity index is 1.39. The molecule has 0 atom stereocenters. The van der Waals surface area contributed by atoms with Crippen LogP contribution in [0.1, 0.15) is 29.2 Å². The van der Waals surface area contributed by atoms with E-state index in [4.69, 9.17) is 9.84 Å². The molecule has 0 aliphatic carbocycles. The van der Waals surface area contributed by atoms with Crippen molar-refractivity contribution in [1.29, 1.82) is 0 Å². The maximum Gasteiger partial charge on any atom is 0.257 e. The van der Waals surface area contributed by atoms with E-state index in [1.165, 1.54) is 6.07 Å². The highest BCUT2D eigenvalue weighted by molar-refractivity contribution is 5.97. The Hall–Kier alpha value is -4.06. The van der Waals surface area contributed by atoms with Crippen molar-refractivity contribution in [2.24, 2.45) is 0 Å². The number of carbonyl (C=O) groups is 1. The van der Waals surface area contributed by atoms with Crippen molar-refractivity contribution < 1.29 is 14.6 Å². The van der Waals surface area contributed by atoms with E-state index in [2.05, 4.69) is 35.0 Å². The molecule has 1 fully saturated rings. The SMILES string of the molecule is COc1ccc(O)c(C(=O)N2CCC(n3nc(-c4ccccc4)cc3-c3ccccc3)CC2)c1. The molecule has 0 spiro atoms. The van der Waals surface area contributed by atoms with E-state index >= 15 is 0 Å². The van der Waals surface area contributed by atoms with E-state index in [9.17, 15) is 9.90 Å². The Bertz CT molecular complexity index is 1280. The normalized spacial score (nSPS) is 14.2. The van der Waals surface area contributed by atoms with Crippen molar-refractivity contribution in [3.8, 4) is 34.0 Å². The number of benzene rings is 3. The summed E-state index contributed by atoms with van der Waals surface area (Å²) >= 11 is 0. The number of carbonyl (C=O) groups excluding carboxylic acids is 1. The molecule has 34 heavy (non-hydrogen) atoms. The number of ether oxygens (including phenoxy) is 1. The highest BCUT2D eigenvalue weighted by Gasteiger charge is 2.28. The zero-order chi connectivity index (χ0) is 23.5. The number of hydrogen-bond acceptors (Lipinski definition) is 4. The van der Waals surface area contributed by atoms with E-state index in [0.29, 0.717) is 18.8 Å². The van der Waals surface area contributed by atoms with Gasteiger partial charge in [0.1, 0.15) is 11.5 Å². The first-order chi connectivity index (χ1) is 16.6. The van der Waals surface area contributed by atoms with E-state index in [-0.39, 0.29) is 23.3 Å². The lowest BCUT2D eigenvalue weighted by Crippen LogP contribution is -2.39. The number of phenolic OH excluding ortho intramolecular Hbond substituents is 1. The first-order valence-electron chi connectivity index (χ1n) is 11.5. The first-order valence-corrected chi connectivity index (χ1v) is 11.5. The van der Waals surface area contributed by atoms with Crippen LogP contribution < -0.4 is 4.74 Å². The monoisotopic (exact) mass is 453 g/mol. The summed E-state index contributed by atoms with van der Waals surface area (Å²) in [5.74, 6) is 0.343. The van der Waals surface area contributed by atoms with Gasteiger partial charge in [-0.05, 0) is 42.7 Å². The predicted molar refractivity (Wildman–Crippen MR) is 132 cm³/mol. The van der Waals surface area contributed by atoms with Crippen molar-refractivity contribution in [3.05, 3.63) is 90.5 Å². The molecule has 1 aliphatic rings. The number of amides is 1. The Morgan fingerprint density at radius 2 is 1.56 bits per heavy atom. The fourth-order valence-electron chi connectivity index (χ4n) is 4.54. The predicted octanol–water partition coefficient (Wildman–Crippen LogP) is 5.41. The molecule has 5 rings (SSSR count).